The lowest BCUT2D eigenvalue weighted by atomic mass is 9.79. The van der Waals surface area contributed by atoms with Crippen LogP contribution in [0.15, 0.2) is 101 Å². The number of carbonyl (C=O) groups excluding carboxylic acids is 10. The minimum atomic E-state index is -1.95. The SMILES string of the molecule is C#CCCC(=O)C1CCC(CN2C(=O)C=CC2=O)CC1.CCc1c2c(nc3ccc(OC(=O)N(C)CCN(C)C(=O)OCc4ccc(NC(=O)C(CCCCN)CC(=O)C(Cc5ccccc5)NC(=O)COCC(=O)NCCOCCN=[N+]=[N-])cc4)cc13)-c1cc3c(c(=O)n1C2)COC(=O)[C@]3(O)CC.[3H]CC. The minimum Gasteiger partial charge on any atom is -0.458 e. The molecule has 0 saturated heterocycles. The van der Waals surface area contributed by atoms with Crippen molar-refractivity contribution in [3.63, 3.8) is 0 Å². The lowest BCUT2D eigenvalue weighted by molar-refractivity contribution is -0.172. The Balaban J connectivity index is 0.000000590. The molecule has 29 heteroatoms. The van der Waals surface area contributed by atoms with Gasteiger partial charge in [0, 0.05) is 119 Å². The number of fused-ring (bicyclic) bond motifs is 5. The van der Waals surface area contributed by atoms with Crippen molar-refractivity contribution in [2.45, 2.75) is 143 Å². The molecule has 106 heavy (non-hydrogen) atoms. The number of aromatic nitrogens is 2. The Bertz CT molecular complexity index is 4150. The quantitative estimate of drug-likeness (QED) is 0.00480. The van der Waals surface area contributed by atoms with Crippen LogP contribution in [-0.4, -0.2) is 174 Å². The number of hydrogen-bond donors (Lipinski definition) is 5. The van der Waals surface area contributed by atoms with E-state index in [4.69, 9.17) is 47.7 Å². The van der Waals surface area contributed by atoms with Crippen LogP contribution in [-0.2, 0) is 95.5 Å². The summed E-state index contributed by atoms with van der Waals surface area (Å²) >= 11 is 0. The number of aliphatic hydroxyl groups is 1. The van der Waals surface area contributed by atoms with Gasteiger partial charge >= 0.3 is 18.2 Å². The summed E-state index contributed by atoms with van der Waals surface area (Å²) < 4.78 is 34.9. The van der Waals surface area contributed by atoms with Gasteiger partial charge in [0.05, 0.1) is 48.3 Å². The Kier molecular flexibility index (Phi) is 31.5. The van der Waals surface area contributed by atoms with Crippen molar-refractivity contribution in [2.75, 3.05) is 85.1 Å². The fourth-order valence-corrected chi connectivity index (χ4v) is 12.8. The number of imide groups is 1. The fraction of sp³-hybridized carbons (Fsp3) is 0.481. The molecule has 1 saturated carbocycles. The van der Waals surface area contributed by atoms with Crippen molar-refractivity contribution in [2.24, 2.45) is 28.6 Å². The molecule has 1 fully saturated rings. The number of nitrogens with zero attached hydrogens (tertiary/aromatic N) is 8. The number of rotatable bonds is 35. The van der Waals surface area contributed by atoms with Crippen LogP contribution in [0.25, 0.3) is 32.7 Å². The molecule has 5 heterocycles. The number of ether oxygens (including phenoxy) is 5. The van der Waals surface area contributed by atoms with E-state index in [0.717, 1.165) is 47.8 Å². The molecule has 0 bridgehead atoms. The van der Waals surface area contributed by atoms with Gasteiger partial charge in [-0.25, -0.2) is 19.4 Å². The maximum atomic E-state index is 14.0. The van der Waals surface area contributed by atoms with Crippen LogP contribution < -0.4 is 32.0 Å². The molecule has 9 rings (SSSR count). The number of benzene rings is 3. The number of azide groups is 1. The molecule has 6 N–H and O–H groups in total. The average molecular weight is 1460 g/mol. The van der Waals surface area contributed by atoms with Crippen molar-refractivity contribution in [3.05, 3.63) is 145 Å². The monoisotopic (exact) mass is 1460 g/mol. The highest BCUT2D eigenvalue weighted by atomic mass is 16.6. The van der Waals surface area contributed by atoms with E-state index in [1.165, 1.54) is 40.9 Å². The van der Waals surface area contributed by atoms with E-state index in [2.05, 4.69) is 31.9 Å². The van der Waals surface area contributed by atoms with E-state index in [1.807, 2.05) is 37.3 Å². The maximum absolute atomic E-state index is 14.0. The minimum absolute atomic E-state index is 0.0267. The molecule has 29 nitrogen and oxygen atoms in total. The number of nitrogens with one attached hydrogen (secondary N) is 3. The van der Waals surface area contributed by atoms with Crippen LogP contribution in [0.1, 0.15) is 133 Å². The number of carbonyl (C=O) groups is 10. The van der Waals surface area contributed by atoms with Gasteiger partial charge in [-0.1, -0.05) is 81.7 Å². The largest absolute Gasteiger partial charge is 0.458 e. The Morgan fingerprint density at radius 1 is 0.896 bits per heavy atom. The number of ketones is 2. The number of terminal acetylenes is 1. The Morgan fingerprint density at radius 2 is 1.59 bits per heavy atom. The molecule has 0 spiro atoms. The number of cyclic esters (lactones) is 1. The van der Waals surface area contributed by atoms with Crippen molar-refractivity contribution in [1.29, 1.82) is 0 Å². The van der Waals surface area contributed by atoms with Gasteiger partial charge < -0.3 is 64.8 Å². The lowest BCUT2D eigenvalue weighted by Gasteiger charge is -2.31. The van der Waals surface area contributed by atoms with Crippen molar-refractivity contribution >= 4 is 75.8 Å². The number of nitrogens with two attached hydrogens (primary N) is 1. The van der Waals surface area contributed by atoms with Crippen LogP contribution in [0.5, 0.6) is 5.75 Å². The number of esters is 1. The van der Waals surface area contributed by atoms with E-state index >= 15 is 0 Å². The topological polar surface area (TPSA) is 393 Å². The fourth-order valence-electron chi connectivity index (χ4n) is 12.8. The summed E-state index contributed by atoms with van der Waals surface area (Å²) in [5.74, 6) is -0.455. The molecule has 0 radical (unpaired) electrons. The first kappa shape index (κ1) is 81.0. The zero-order chi connectivity index (χ0) is 77.6. The van der Waals surface area contributed by atoms with E-state index < -0.39 is 66.7 Å². The summed E-state index contributed by atoms with van der Waals surface area (Å²) in [6, 6.07) is 21.5. The average Bonchev–Trinajstić information content (AvgIpc) is 1.60. The molecule has 2 aromatic heterocycles. The first-order chi connectivity index (χ1) is 51.5. The third kappa shape index (κ3) is 22.7. The molecule has 1 aliphatic carbocycles. The number of pyridine rings is 2. The molecule has 3 atom stereocenters. The van der Waals surface area contributed by atoms with Crippen LogP contribution in [0.4, 0.5) is 15.3 Å². The molecule has 3 aromatic carbocycles. The van der Waals surface area contributed by atoms with Crippen LogP contribution in [0.2, 0.25) is 0 Å². The third-order valence-electron chi connectivity index (χ3n) is 18.7. The molecule has 5 aromatic rings. The first-order valence-electron chi connectivity index (χ1n) is 36.3. The summed E-state index contributed by atoms with van der Waals surface area (Å²) in [7, 11) is 3.07. The van der Waals surface area contributed by atoms with Crippen molar-refractivity contribution in [3.8, 4) is 29.5 Å². The number of amides is 7. The number of hydrogen-bond acceptors (Lipinski definition) is 20. The van der Waals surface area contributed by atoms with E-state index in [-0.39, 0.29) is 130 Å². The number of unbranched alkanes of at least 4 members (excludes halogenated alkanes) is 1. The van der Waals surface area contributed by atoms with Gasteiger partial charge in [0.25, 0.3) is 17.4 Å². The first-order valence-corrected chi connectivity index (χ1v) is 35.6. The molecular formula is C77H96N12O17. The number of Topliss-reactive ketones (excluding diaryl/α,β-unsaturated/α-hetero) is 2. The van der Waals surface area contributed by atoms with Gasteiger partial charge in [-0.05, 0) is 129 Å². The van der Waals surface area contributed by atoms with E-state index in [9.17, 15) is 57.8 Å². The standard InChI is InChI=1S/C59H71N11O14.C16H19NO3.C2H6/c1-5-42-43-30-41(19-20-47(43)66-53-44(42)32-70-49(53)31-46-45(55(70)75)34-82-56(76)59(46,79)6-2)84-58(78)69(4)25-24-68(3)57(77)83-33-38-15-17-40(18-16-38)64-54(74)39(14-10-11-21-60)29-50(71)48(28-37-12-8-7-9-13-37)65-52(73)36-81-35-51(72)62-22-26-80-27-23-63-67-61;1-2-3-4-14(18)13-7-5-12(6-8-13)11-17-15(19)9-10-16(17)20;1-2/h7-9,12-13,15-20,30-31,39,48,79H,5-6,10-11,14,21-29,32-36,60H2,1-4H3,(H,62,72)(H,64,74)(H,65,73);1,9-10,12-13H,3-8,11H2;1-2H3/t39?,48?,59-;;/m0../s1/i;;1T. The molecule has 7 amide bonds. The van der Waals surface area contributed by atoms with Crippen molar-refractivity contribution in [1.82, 2.24) is 34.9 Å². The summed E-state index contributed by atoms with van der Waals surface area (Å²) in [6.45, 7) is 6.69. The Hall–Kier alpha value is -10.6. The highest BCUT2D eigenvalue weighted by Crippen LogP contribution is 2.41. The second kappa shape index (κ2) is 41.2. The van der Waals surface area contributed by atoms with E-state index in [1.54, 1.807) is 66.9 Å². The molecule has 3 aliphatic heterocycles. The summed E-state index contributed by atoms with van der Waals surface area (Å²) in [4.78, 5) is 152. The van der Waals surface area contributed by atoms with Gasteiger partial charge in [-0.3, -0.25) is 43.3 Å². The second-order valence-electron chi connectivity index (χ2n) is 25.9. The second-order valence-corrected chi connectivity index (χ2v) is 25.9. The summed E-state index contributed by atoms with van der Waals surface area (Å²) in [5, 5.41) is 23.6. The van der Waals surface area contributed by atoms with Gasteiger partial charge in [0.15, 0.2) is 11.4 Å². The zero-order valence-electron chi connectivity index (χ0n) is 61.8. The number of aryl methyl sites for hydroxylation is 1. The normalized spacial score (nSPS) is 16.6. The highest BCUT2D eigenvalue weighted by molar-refractivity contribution is 6.13. The van der Waals surface area contributed by atoms with Crippen LogP contribution >= 0.6 is 0 Å². The highest BCUT2D eigenvalue weighted by Gasteiger charge is 2.46. The molecule has 566 valence electrons. The van der Waals surface area contributed by atoms with Crippen LogP contribution in [0, 0.1) is 30.1 Å². The van der Waals surface area contributed by atoms with Crippen molar-refractivity contribution < 1.29 is 78.1 Å². The molecule has 2 unspecified atom stereocenters. The lowest BCUT2D eigenvalue weighted by Crippen LogP contribution is -2.45. The van der Waals surface area contributed by atoms with Gasteiger partial charge in [-0.2, -0.15) is 0 Å². The van der Waals surface area contributed by atoms with Gasteiger partial charge in [0.1, 0.15) is 38.0 Å². The zero-order valence-corrected chi connectivity index (χ0v) is 60.8. The predicted molar refractivity (Wildman–Crippen MR) is 393 cm³/mol. The summed E-state index contributed by atoms with van der Waals surface area (Å²) in [5.41, 5.74) is 17.4. The predicted octanol–water partition coefficient (Wildman–Crippen LogP) is 7.90. The van der Waals surface area contributed by atoms with E-state index in [0.29, 0.717) is 92.6 Å². The van der Waals surface area contributed by atoms with Gasteiger partial charge in [0.2, 0.25) is 17.7 Å². The molecule has 4 aliphatic rings. The maximum Gasteiger partial charge on any atom is 0.415 e. The van der Waals surface area contributed by atoms with Crippen LogP contribution in [0.3, 0.4) is 0 Å². The number of likely N-dealkylation sites (N-methyl/N-ethyl adjacent to an activating group) is 2. The number of anilines is 1. The molecular weight excluding hydrogens is 1360 g/mol. The smallest absolute Gasteiger partial charge is 0.415 e. The Morgan fingerprint density at radius 3 is 2.26 bits per heavy atom. The Labute approximate surface area is 617 Å². The summed E-state index contributed by atoms with van der Waals surface area (Å²) in [6.07, 6.45) is 13.0. The third-order valence-corrected chi connectivity index (χ3v) is 18.7. The van der Waals surface area contributed by atoms with Gasteiger partial charge in [-0.15, -0.1) is 12.3 Å².